The minimum absolute atomic E-state index is 0.456. The van der Waals surface area contributed by atoms with Crippen LogP contribution in [-0.4, -0.2) is 12.0 Å². The summed E-state index contributed by atoms with van der Waals surface area (Å²) in [5.74, 6) is -0.517. The summed E-state index contributed by atoms with van der Waals surface area (Å²) in [6.45, 7) is 0. The van der Waals surface area contributed by atoms with E-state index in [2.05, 4.69) is 0 Å². The molecule has 10 heavy (non-hydrogen) atoms. The van der Waals surface area contributed by atoms with Crippen molar-refractivity contribution in [2.24, 2.45) is 5.73 Å². The van der Waals surface area contributed by atoms with Crippen LogP contribution in [0, 0.1) is 0 Å². The van der Waals surface area contributed by atoms with Crippen LogP contribution < -0.4 is 5.73 Å². The Morgan fingerprint density at radius 1 is 1.80 bits per heavy atom. The molecule has 1 rings (SSSR count). The van der Waals surface area contributed by atoms with Gasteiger partial charge in [-0.3, -0.25) is 4.79 Å². The number of carbonyl (C=O) groups excluding carboxylic acids is 1. The molecule has 0 saturated carbocycles. The zero-order chi connectivity index (χ0) is 7.56. The fourth-order valence-electron chi connectivity index (χ4n) is 0.564. The molecule has 0 aliphatic carbocycles. The lowest BCUT2D eigenvalue weighted by atomic mass is 10.3. The Morgan fingerprint density at radius 3 is 2.90 bits per heavy atom. The largest absolute Gasteiger partial charge is 0.483 e. The molecule has 1 unspecified atom stereocenters. The molecule has 0 spiro atoms. The van der Waals surface area contributed by atoms with E-state index >= 15 is 0 Å². The third-order valence-corrected chi connectivity index (χ3v) is 1.25. The van der Waals surface area contributed by atoms with E-state index in [4.69, 9.17) is 22.1 Å². The molecular weight excluding hydrogens is 154 g/mol. The molecule has 4 heteroatoms. The van der Waals surface area contributed by atoms with Crippen molar-refractivity contribution >= 4 is 17.5 Å². The maximum Gasteiger partial charge on any atom is 0.262 e. The van der Waals surface area contributed by atoms with Crippen LogP contribution in [0.5, 0.6) is 0 Å². The van der Waals surface area contributed by atoms with Crippen molar-refractivity contribution in [3.63, 3.8) is 0 Å². The van der Waals surface area contributed by atoms with Crippen LogP contribution in [0.15, 0.2) is 23.4 Å². The molecule has 1 amide bonds. The number of hydrogen-bond acceptors (Lipinski definition) is 2. The molecule has 0 aromatic carbocycles. The summed E-state index contributed by atoms with van der Waals surface area (Å²) in [6.07, 6.45) is 3.70. The van der Waals surface area contributed by atoms with Gasteiger partial charge >= 0.3 is 0 Å². The van der Waals surface area contributed by atoms with E-state index in [1.807, 2.05) is 0 Å². The van der Waals surface area contributed by atoms with E-state index in [0.29, 0.717) is 5.03 Å². The second-order valence-electron chi connectivity index (χ2n) is 1.82. The fraction of sp³-hybridized carbons (Fsp3) is 0.167. The van der Waals surface area contributed by atoms with Gasteiger partial charge in [0.1, 0.15) is 6.26 Å². The van der Waals surface area contributed by atoms with Crippen molar-refractivity contribution in [3.05, 3.63) is 23.4 Å². The summed E-state index contributed by atoms with van der Waals surface area (Å²) in [7, 11) is 0. The Balaban J connectivity index is 2.60. The minimum Gasteiger partial charge on any atom is -0.483 e. The van der Waals surface area contributed by atoms with Crippen molar-refractivity contribution in [2.45, 2.75) is 6.10 Å². The summed E-state index contributed by atoms with van der Waals surface area (Å²) in [6, 6.07) is 0. The first kappa shape index (κ1) is 7.15. The van der Waals surface area contributed by atoms with Crippen LogP contribution in [0.2, 0.25) is 0 Å². The maximum absolute atomic E-state index is 10.4. The standard InChI is InChI=1S/C6H6ClNO2/c7-4-1-2-5(6(8)9)10-3-4/h1-3,5H,(H2,8,9). The van der Waals surface area contributed by atoms with Gasteiger partial charge in [0.15, 0.2) is 6.10 Å². The number of nitrogens with two attached hydrogens (primary N) is 1. The fourth-order valence-corrected chi connectivity index (χ4v) is 0.688. The van der Waals surface area contributed by atoms with Gasteiger partial charge in [-0.05, 0) is 12.2 Å². The van der Waals surface area contributed by atoms with Crippen LogP contribution in [0.4, 0.5) is 0 Å². The van der Waals surface area contributed by atoms with Gasteiger partial charge in [0.05, 0.1) is 5.03 Å². The summed E-state index contributed by atoms with van der Waals surface area (Å²) < 4.78 is 4.80. The Morgan fingerprint density at radius 2 is 2.50 bits per heavy atom. The van der Waals surface area contributed by atoms with Crippen molar-refractivity contribution in [2.75, 3.05) is 0 Å². The van der Waals surface area contributed by atoms with Crippen molar-refractivity contribution in [1.29, 1.82) is 0 Å². The Hall–Kier alpha value is -0.960. The van der Waals surface area contributed by atoms with Gasteiger partial charge in [-0.1, -0.05) is 11.6 Å². The molecule has 0 aromatic rings. The van der Waals surface area contributed by atoms with Crippen LogP contribution in [0.3, 0.4) is 0 Å². The molecule has 1 aliphatic heterocycles. The second kappa shape index (κ2) is 2.75. The maximum atomic E-state index is 10.4. The van der Waals surface area contributed by atoms with Gasteiger partial charge in [-0.2, -0.15) is 0 Å². The number of rotatable bonds is 1. The number of primary amides is 1. The molecule has 0 aromatic heterocycles. The third-order valence-electron chi connectivity index (χ3n) is 1.04. The smallest absolute Gasteiger partial charge is 0.262 e. The lowest BCUT2D eigenvalue weighted by Gasteiger charge is -2.11. The molecule has 1 aliphatic rings. The van der Waals surface area contributed by atoms with Crippen LogP contribution >= 0.6 is 11.6 Å². The number of hydrogen-bond donors (Lipinski definition) is 1. The second-order valence-corrected chi connectivity index (χ2v) is 2.26. The minimum atomic E-state index is -0.664. The Labute approximate surface area is 63.1 Å². The van der Waals surface area contributed by atoms with Crippen LogP contribution in [-0.2, 0) is 9.53 Å². The van der Waals surface area contributed by atoms with Gasteiger partial charge in [0.2, 0.25) is 0 Å². The molecule has 2 N–H and O–H groups in total. The highest BCUT2D eigenvalue weighted by Gasteiger charge is 2.13. The summed E-state index contributed by atoms with van der Waals surface area (Å²) in [5.41, 5.74) is 4.93. The number of allylic oxidation sites excluding steroid dienone is 2. The average Bonchev–Trinajstić information content (AvgIpc) is 1.88. The lowest BCUT2D eigenvalue weighted by molar-refractivity contribution is -0.124. The van der Waals surface area contributed by atoms with Gasteiger partial charge < -0.3 is 10.5 Å². The van der Waals surface area contributed by atoms with E-state index in [1.165, 1.54) is 12.3 Å². The first-order chi connectivity index (χ1) is 4.70. The van der Waals surface area contributed by atoms with Crippen LogP contribution in [0.25, 0.3) is 0 Å². The predicted molar refractivity (Wildman–Crippen MR) is 37.1 cm³/mol. The summed E-state index contributed by atoms with van der Waals surface area (Å²) in [5, 5.41) is 0.456. The highest BCUT2D eigenvalue weighted by molar-refractivity contribution is 6.31. The predicted octanol–water partition coefficient (Wildman–Crippen LogP) is 0.507. The number of halogens is 1. The molecule has 54 valence electrons. The van der Waals surface area contributed by atoms with Crippen molar-refractivity contribution in [1.82, 2.24) is 0 Å². The highest BCUT2D eigenvalue weighted by Crippen LogP contribution is 2.11. The monoisotopic (exact) mass is 159 g/mol. The first-order valence-corrected chi connectivity index (χ1v) is 3.06. The molecule has 3 nitrogen and oxygen atoms in total. The molecule has 1 heterocycles. The van der Waals surface area contributed by atoms with Gasteiger partial charge in [-0.25, -0.2) is 0 Å². The van der Waals surface area contributed by atoms with E-state index < -0.39 is 12.0 Å². The molecule has 0 fully saturated rings. The van der Waals surface area contributed by atoms with Gasteiger partial charge in [-0.15, -0.1) is 0 Å². The van der Waals surface area contributed by atoms with Crippen molar-refractivity contribution in [3.8, 4) is 0 Å². The Bertz CT molecular complexity index is 210. The molecule has 1 atom stereocenters. The zero-order valence-corrected chi connectivity index (χ0v) is 5.84. The molecule has 0 saturated heterocycles. The topological polar surface area (TPSA) is 52.3 Å². The van der Waals surface area contributed by atoms with E-state index in [1.54, 1.807) is 6.08 Å². The normalized spacial score (nSPS) is 23.3. The van der Waals surface area contributed by atoms with Crippen molar-refractivity contribution < 1.29 is 9.53 Å². The molecule has 0 radical (unpaired) electrons. The van der Waals surface area contributed by atoms with E-state index in [9.17, 15) is 4.79 Å². The zero-order valence-electron chi connectivity index (χ0n) is 5.08. The summed E-state index contributed by atoms with van der Waals surface area (Å²) in [4.78, 5) is 10.4. The Kier molecular flexibility index (Phi) is 1.97. The lowest BCUT2D eigenvalue weighted by Crippen LogP contribution is -2.28. The third kappa shape index (κ3) is 1.51. The number of carbonyl (C=O) groups is 1. The number of amides is 1. The van der Waals surface area contributed by atoms with E-state index in [-0.39, 0.29) is 0 Å². The molecule has 0 bridgehead atoms. The highest BCUT2D eigenvalue weighted by atomic mass is 35.5. The first-order valence-electron chi connectivity index (χ1n) is 2.69. The van der Waals surface area contributed by atoms with Crippen LogP contribution in [0.1, 0.15) is 0 Å². The van der Waals surface area contributed by atoms with Gasteiger partial charge in [0, 0.05) is 0 Å². The van der Waals surface area contributed by atoms with E-state index in [0.717, 1.165) is 0 Å². The average molecular weight is 160 g/mol. The molecular formula is C6H6ClNO2. The summed E-state index contributed by atoms with van der Waals surface area (Å²) >= 11 is 5.48. The SMILES string of the molecule is NC(=O)C1C=CC(Cl)=CO1. The van der Waals surface area contributed by atoms with Gasteiger partial charge in [0.25, 0.3) is 5.91 Å². The number of ether oxygens (including phenoxy) is 1. The quantitative estimate of drug-likeness (QED) is 0.606.